The number of ether oxygens (including phenoxy) is 1. The molecular weight excluding hydrogens is 398 g/mol. The van der Waals surface area contributed by atoms with Crippen molar-refractivity contribution in [2.45, 2.75) is 38.6 Å². The smallest absolute Gasteiger partial charge is 0.266 e. The average Bonchev–Trinajstić information content (AvgIpc) is 2.71. The van der Waals surface area contributed by atoms with Gasteiger partial charge >= 0.3 is 0 Å². The van der Waals surface area contributed by atoms with Gasteiger partial charge < -0.3 is 15.0 Å². The highest BCUT2D eigenvalue weighted by molar-refractivity contribution is 6.30. The molecule has 1 amide bonds. The minimum Gasteiger partial charge on any atom is -0.496 e. The van der Waals surface area contributed by atoms with Crippen molar-refractivity contribution >= 4 is 35.0 Å². The molecule has 6 heteroatoms. The molecule has 1 heterocycles. The van der Waals surface area contributed by atoms with Gasteiger partial charge in [0.25, 0.3) is 5.91 Å². The van der Waals surface area contributed by atoms with Gasteiger partial charge in [-0.2, -0.15) is 5.26 Å². The Morgan fingerprint density at radius 1 is 1.33 bits per heavy atom. The van der Waals surface area contributed by atoms with Gasteiger partial charge in [-0.15, -0.1) is 0 Å². The Morgan fingerprint density at radius 3 is 2.60 bits per heavy atom. The van der Waals surface area contributed by atoms with Gasteiger partial charge in [0.2, 0.25) is 0 Å². The van der Waals surface area contributed by atoms with Gasteiger partial charge in [-0.1, -0.05) is 18.5 Å². The summed E-state index contributed by atoms with van der Waals surface area (Å²) in [6.45, 7) is 6.65. The molecule has 0 saturated heterocycles. The number of carbonyl (C=O) groups is 1. The molecule has 0 bridgehead atoms. The Bertz CT molecular complexity index is 1040. The van der Waals surface area contributed by atoms with Crippen LogP contribution in [0.25, 0.3) is 6.08 Å². The largest absolute Gasteiger partial charge is 0.496 e. The monoisotopic (exact) mass is 423 g/mol. The lowest BCUT2D eigenvalue weighted by Gasteiger charge is -2.45. The zero-order valence-corrected chi connectivity index (χ0v) is 18.7. The quantitative estimate of drug-likeness (QED) is 0.512. The van der Waals surface area contributed by atoms with Crippen LogP contribution in [0.2, 0.25) is 5.02 Å². The van der Waals surface area contributed by atoms with Crippen molar-refractivity contribution in [1.29, 1.82) is 5.26 Å². The van der Waals surface area contributed by atoms with E-state index in [2.05, 4.69) is 38.0 Å². The fraction of sp³-hybridized carbons (Fsp3) is 0.333. The molecule has 1 aliphatic rings. The summed E-state index contributed by atoms with van der Waals surface area (Å²) >= 11 is 5.88. The van der Waals surface area contributed by atoms with Crippen LogP contribution in [0.5, 0.6) is 5.75 Å². The first kappa shape index (κ1) is 21.7. The molecule has 1 N–H and O–H groups in total. The summed E-state index contributed by atoms with van der Waals surface area (Å²) in [6.07, 6.45) is 2.59. The second-order valence-electron chi connectivity index (χ2n) is 8.26. The van der Waals surface area contributed by atoms with Gasteiger partial charge in [-0.25, -0.2) is 0 Å². The van der Waals surface area contributed by atoms with E-state index in [4.69, 9.17) is 16.3 Å². The SMILES string of the molecule is COc1cc2c(cc1/C=C(\C#N)C(=O)Nc1ccc(Cl)cc1)C(C)CC(C)(C)N2C. The molecule has 0 spiro atoms. The fourth-order valence-corrected chi connectivity index (χ4v) is 4.06. The number of halogens is 1. The van der Waals surface area contributed by atoms with E-state index in [9.17, 15) is 10.1 Å². The first-order valence-electron chi connectivity index (χ1n) is 9.80. The molecule has 2 aromatic carbocycles. The van der Waals surface area contributed by atoms with Crippen LogP contribution < -0.4 is 15.0 Å². The summed E-state index contributed by atoms with van der Waals surface area (Å²) in [5, 5.41) is 12.9. The average molecular weight is 424 g/mol. The van der Waals surface area contributed by atoms with Gasteiger partial charge in [0.1, 0.15) is 17.4 Å². The van der Waals surface area contributed by atoms with Crippen molar-refractivity contribution in [3.05, 3.63) is 58.1 Å². The molecule has 0 radical (unpaired) electrons. The van der Waals surface area contributed by atoms with Crippen LogP contribution in [-0.2, 0) is 4.79 Å². The van der Waals surface area contributed by atoms with Gasteiger partial charge in [0.15, 0.2) is 0 Å². The molecule has 2 aromatic rings. The molecule has 1 aliphatic heterocycles. The van der Waals surface area contributed by atoms with Crippen molar-refractivity contribution in [3.63, 3.8) is 0 Å². The van der Waals surface area contributed by atoms with Gasteiger partial charge in [-0.3, -0.25) is 4.79 Å². The molecule has 1 atom stereocenters. The van der Waals surface area contributed by atoms with E-state index in [0.29, 0.717) is 27.9 Å². The highest BCUT2D eigenvalue weighted by atomic mass is 35.5. The second kappa shape index (κ2) is 8.41. The number of fused-ring (bicyclic) bond motifs is 1. The predicted octanol–water partition coefficient (Wildman–Crippen LogP) is 5.62. The third kappa shape index (κ3) is 4.29. The van der Waals surface area contributed by atoms with E-state index < -0.39 is 5.91 Å². The lowest BCUT2D eigenvalue weighted by atomic mass is 9.80. The van der Waals surface area contributed by atoms with E-state index in [0.717, 1.165) is 12.1 Å². The Morgan fingerprint density at radius 2 is 2.00 bits per heavy atom. The summed E-state index contributed by atoms with van der Waals surface area (Å²) in [5.41, 5.74) is 3.60. The zero-order valence-electron chi connectivity index (χ0n) is 17.9. The number of anilines is 2. The fourth-order valence-electron chi connectivity index (χ4n) is 3.94. The van der Waals surface area contributed by atoms with Crippen molar-refractivity contribution in [1.82, 2.24) is 0 Å². The van der Waals surface area contributed by atoms with E-state index in [1.807, 2.05) is 18.2 Å². The minimum atomic E-state index is -0.481. The first-order valence-corrected chi connectivity index (χ1v) is 10.2. The summed E-state index contributed by atoms with van der Waals surface area (Å²) in [4.78, 5) is 14.9. The molecule has 1 unspecified atom stereocenters. The summed E-state index contributed by atoms with van der Waals surface area (Å²) in [6, 6.07) is 12.8. The van der Waals surface area contributed by atoms with Crippen molar-refractivity contribution < 1.29 is 9.53 Å². The van der Waals surface area contributed by atoms with Crippen LogP contribution in [0, 0.1) is 11.3 Å². The number of nitrogens with one attached hydrogen (secondary N) is 1. The minimum absolute atomic E-state index is 0.000321. The number of hydrogen-bond donors (Lipinski definition) is 1. The van der Waals surface area contributed by atoms with E-state index in [1.54, 1.807) is 37.5 Å². The Labute approximate surface area is 182 Å². The van der Waals surface area contributed by atoms with Crippen LogP contribution in [0.4, 0.5) is 11.4 Å². The van der Waals surface area contributed by atoms with E-state index in [-0.39, 0.29) is 11.1 Å². The van der Waals surface area contributed by atoms with Crippen LogP contribution >= 0.6 is 11.6 Å². The van der Waals surface area contributed by atoms with E-state index in [1.165, 1.54) is 5.56 Å². The lowest BCUT2D eigenvalue weighted by Crippen LogP contribution is -2.45. The van der Waals surface area contributed by atoms with Crippen LogP contribution in [-0.4, -0.2) is 25.6 Å². The Kier molecular flexibility index (Phi) is 6.09. The van der Waals surface area contributed by atoms with E-state index >= 15 is 0 Å². The molecule has 0 aromatic heterocycles. The maximum absolute atomic E-state index is 12.6. The number of hydrogen-bond acceptors (Lipinski definition) is 4. The third-order valence-electron chi connectivity index (χ3n) is 5.75. The van der Waals surface area contributed by atoms with Gasteiger partial charge in [-0.05, 0) is 68.2 Å². The number of nitrogens with zero attached hydrogens (tertiary/aromatic N) is 2. The Hall–Kier alpha value is -2.97. The normalized spacial score (nSPS) is 17.7. The number of nitriles is 1. The molecule has 30 heavy (non-hydrogen) atoms. The molecule has 5 nitrogen and oxygen atoms in total. The van der Waals surface area contributed by atoms with Crippen LogP contribution in [0.1, 0.15) is 44.2 Å². The summed E-state index contributed by atoms with van der Waals surface area (Å²) in [5.74, 6) is 0.487. The highest BCUT2D eigenvalue weighted by Crippen LogP contribution is 2.45. The number of carbonyl (C=O) groups excluding carboxylic acids is 1. The standard InChI is InChI=1S/C24H26ClN3O2/c1-15-13-24(2,3)28(4)21-12-22(30-5)16(11-20(15)21)10-17(14-26)23(29)27-19-8-6-18(25)7-9-19/h6-12,15H,13H2,1-5H3,(H,27,29)/b17-10+. The number of benzene rings is 2. The maximum Gasteiger partial charge on any atom is 0.266 e. The topological polar surface area (TPSA) is 65.4 Å². The van der Waals surface area contributed by atoms with Crippen molar-refractivity contribution in [2.75, 3.05) is 24.4 Å². The number of rotatable bonds is 4. The molecule has 0 saturated carbocycles. The third-order valence-corrected chi connectivity index (χ3v) is 6.00. The second-order valence-corrected chi connectivity index (χ2v) is 8.70. The van der Waals surface area contributed by atoms with Crippen molar-refractivity contribution in [2.24, 2.45) is 0 Å². The molecular formula is C24H26ClN3O2. The van der Waals surface area contributed by atoms with Crippen molar-refractivity contribution in [3.8, 4) is 11.8 Å². The maximum atomic E-state index is 12.6. The first-order chi connectivity index (χ1) is 14.2. The van der Waals surface area contributed by atoms with Crippen LogP contribution in [0.15, 0.2) is 42.0 Å². The zero-order chi connectivity index (χ0) is 22.1. The summed E-state index contributed by atoms with van der Waals surface area (Å²) < 4.78 is 5.59. The van der Waals surface area contributed by atoms with Gasteiger partial charge in [0, 0.05) is 40.6 Å². The Balaban J connectivity index is 1.98. The van der Waals surface area contributed by atoms with Gasteiger partial charge in [0.05, 0.1) is 7.11 Å². The lowest BCUT2D eigenvalue weighted by molar-refractivity contribution is -0.112. The molecule has 3 rings (SSSR count). The number of amides is 1. The van der Waals surface area contributed by atoms with Crippen LogP contribution in [0.3, 0.4) is 0 Å². The molecule has 0 aliphatic carbocycles. The molecule has 156 valence electrons. The molecule has 0 fully saturated rings. The number of methoxy groups -OCH3 is 1. The highest BCUT2D eigenvalue weighted by Gasteiger charge is 2.34. The predicted molar refractivity (Wildman–Crippen MR) is 122 cm³/mol. The summed E-state index contributed by atoms with van der Waals surface area (Å²) in [7, 11) is 3.68.